The lowest BCUT2D eigenvalue weighted by atomic mass is 10.1. The van der Waals surface area contributed by atoms with E-state index in [1.165, 1.54) is 23.5 Å². The summed E-state index contributed by atoms with van der Waals surface area (Å²) in [5, 5.41) is 6.35. The first-order valence-corrected chi connectivity index (χ1v) is 8.72. The zero-order chi connectivity index (χ0) is 18.1. The van der Waals surface area contributed by atoms with Crippen molar-refractivity contribution in [2.75, 3.05) is 0 Å². The predicted molar refractivity (Wildman–Crippen MR) is 95.4 cm³/mol. The Kier molecular flexibility index (Phi) is 4.22. The molecule has 0 bridgehead atoms. The maximum atomic E-state index is 13.3. The Labute approximate surface area is 152 Å². The summed E-state index contributed by atoms with van der Waals surface area (Å²) in [4.78, 5) is 18.0. The van der Waals surface area contributed by atoms with Gasteiger partial charge in [-0.05, 0) is 42.1 Å². The Morgan fingerprint density at radius 3 is 2.92 bits per heavy atom. The standard InChI is InChI=1S/C19H13FN2O3S/c1-11-17-14(19(23)24-10-12-4-2-5-13(20)8-12)9-15(16-6-3-7-26-16)21-18(17)25-22-11/h2-9H,10H2,1H3. The number of aryl methyl sites for hydroxylation is 1. The van der Waals surface area contributed by atoms with Crippen LogP contribution in [0.4, 0.5) is 4.39 Å². The zero-order valence-corrected chi connectivity index (χ0v) is 14.5. The number of rotatable bonds is 4. The average Bonchev–Trinajstić information content (AvgIpc) is 3.29. The van der Waals surface area contributed by atoms with E-state index in [1.54, 1.807) is 25.1 Å². The van der Waals surface area contributed by atoms with Gasteiger partial charge in [-0.15, -0.1) is 11.3 Å². The highest BCUT2D eigenvalue weighted by Crippen LogP contribution is 2.29. The SMILES string of the molecule is Cc1noc2nc(-c3cccs3)cc(C(=O)OCc3cccc(F)c3)c12. The van der Waals surface area contributed by atoms with Crippen molar-refractivity contribution >= 4 is 28.4 Å². The zero-order valence-electron chi connectivity index (χ0n) is 13.7. The maximum Gasteiger partial charge on any atom is 0.339 e. The van der Waals surface area contributed by atoms with Crippen LogP contribution in [0.3, 0.4) is 0 Å². The average molecular weight is 368 g/mol. The first kappa shape index (κ1) is 16.4. The monoisotopic (exact) mass is 368 g/mol. The van der Waals surface area contributed by atoms with E-state index in [0.717, 1.165) is 4.88 Å². The smallest absolute Gasteiger partial charge is 0.339 e. The Hall–Kier alpha value is -3.06. The lowest BCUT2D eigenvalue weighted by Gasteiger charge is -2.07. The van der Waals surface area contributed by atoms with Crippen molar-refractivity contribution in [2.24, 2.45) is 0 Å². The second-order valence-electron chi connectivity index (χ2n) is 5.69. The number of hydrogen-bond acceptors (Lipinski definition) is 6. The summed E-state index contributed by atoms with van der Waals surface area (Å²) in [5.74, 6) is -0.912. The van der Waals surface area contributed by atoms with Gasteiger partial charge in [-0.3, -0.25) is 0 Å². The molecule has 0 amide bonds. The molecular formula is C19H13FN2O3S. The molecule has 7 heteroatoms. The maximum absolute atomic E-state index is 13.3. The van der Waals surface area contributed by atoms with Gasteiger partial charge in [-0.2, -0.15) is 0 Å². The summed E-state index contributed by atoms with van der Waals surface area (Å²) in [6, 6.07) is 11.4. The van der Waals surface area contributed by atoms with Crippen LogP contribution < -0.4 is 0 Å². The minimum Gasteiger partial charge on any atom is -0.457 e. The van der Waals surface area contributed by atoms with Crippen LogP contribution >= 0.6 is 11.3 Å². The molecule has 4 aromatic rings. The second kappa shape index (κ2) is 6.68. The molecule has 4 rings (SSSR count). The summed E-state index contributed by atoms with van der Waals surface area (Å²) in [7, 11) is 0. The fourth-order valence-corrected chi connectivity index (χ4v) is 3.35. The molecule has 0 saturated heterocycles. The fourth-order valence-electron chi connectivity index (χ4n) is 2.66. The number of halogens is 1. The number of nitrogens with zero attached hydrogens (tertiary/aromatic N) is 2. The van der Waals surface area contributed by atoms with Gasteiger partial charge in [0.05, 0.1) is 27.2 Å². The van der Waals surface area contributed by atoms with Gasteiger partial charge in [-0.1, -0.05) is 23.4 Å². The van der Waals surface area contributed by atoms with Crippen molar-refractivity contribution in [2.45, 2.75) is 13.5 Å². The van der Waals surface area contributed by atoms with Crippen molar-refractivity contribution in [3.05, 3.63) is 70.5 Å². The molecule has 0 N–H and O–H groups in total. The molecule has 0 unspecified atom stereocenters. The van der Waals surface area contributed by atoms with E-state index in [-0.39, 0.29) is 18.1 Å². The molecule has 0 fully saturated rings. The summed E-state index contributed by atoms with van der Waals surface area (Å²) in [6.45, 7) is 1.71. The first-order chi connectivity index (χ1) is 12.6. The van der Waals surface area contributed by atoms with Gasteiger partial charge in [0.25, 0.3) is 5.71 Å². The highest BCUT2D eigenvalue weighted by atomic mass is 32.1. The van der Waals surface area contributed by atoms with E-state index in [2.05, 4.69) is 10.1 Å². The molecule has 1 aromatic carbocycles. The lowest BCUT2D eigenvalue weighted by molar-refractivity contribution is 0.0474. The molecule has 0 saturated carbocycles. The van der Waals surface area contributed by atoms with Crippen LogP contribution in [-0.4, -0.2) is 16.1 Å². The van der Waals surface area contributed by atoms with Crippen LogP contribution in [0.25, 0.3) is 21.7 Å². The minimum absolute atomic E-state index is 0.0287. The van der Waals surface area contributed by atoms with Crippen molar-refractivity contribution in [1.29, 1.82) is 0 Å². The van der Waals surface area contributed by atoms with Crippen molar-refractivity contribution in [1.82, 2.24) is 10.1 Å². The van der Waals surface area contributed by atoms with E-state index in [4.69, 9.17) is 9.26 Å². The number of hydrogen-bond donors (Lipinski definition) is 0. The Morgan fingerprint density at radius 1 is 1.27 bits per heavy atom. The fraction of sp³-hybridized carbons (Fsp3) is 0.105. The summed E-state index contributed by atoms with van der Waals surface area (Å²) in [6.07, 6.45) is 0. The molecule has 3 aromatic heterocycles. The number of ether oxygens (including phenoxy) is 1. The van der Waals surface area contributed by atoms with Gasteiger partial charge in [0.2, 0.25) is 0 Å². The van der Waals surface area contributed by atoms with Gasteiger partial charge < -0.3 is 9.26 Å². The summed E-state index contributed by atoms with van der Waals surface area (Å²) >= 11 is 1.51. The van der Waals surface area contributed by atoms with Gasteiger partial charge >= 0.3 is 5.97 Å². The summed E-state index contributed by atoms with van der Waals surface area (Å²) < 4.78 is 23.9. The molecule has 130 valence electrons. The largest absolute Gasteiger partial charge is 0.457 e. The Morgan fingerprint density at radius 2 is 2.15 bits per heavy atom. The van der Waals surface area contributed by atoms with E-state index in [1.807, 2.05) is 17.5 Å². The predicted octanol–water partition coefficient (Wildman–Crippen LogP) is 4.76. The van der Waals surface area contributed by atoms with Crippen LogP contribution in [0.2, 0.25) is 0 Å². The van der Waals surface area contributed by atoms with Crippen LogP contribution in [0, 0.1) is 12.7 Å². The number of carbonyl (C=O) groups excluding carboxylic acids is 1. The third-order valence-corrected chi connectivity index (χ3v) is 4.76. The number of fused-ring (bicyclic) bond motifs is 1. The molecule has 0 radical (unpaired) electrons. The van der Waals surface area contributed by atoms with Crippen LogP contribution in [0.15, 0.2) is 52.4 Å². The van der Waals surface area contributed by atoms with Gasteiger partial charge in [0, 0.05) is 0 Å². The highest BCUT2D eigenvalue weighted by Gasteiger charge is 2.20. The van der Waals surface area contributed by atoms with E-state index in [9.17, 15) is 9.18 Å². The third kappa shape index (κ3) is 3.09. The van der Waals surface area contributed by atoms with Crippen molar-refractivity contribution in [3.8, 4) is 10.6 Å². The third-order valence-electron chi connectivity index (χ3n) is 3.87. The van der Waals surface area contributed by atoms with Gasteiger partial charge in [-0.25, -0.2) is 14.2 Å². The topological polar surface area (TPSA) is 65.2 Å². The first-order valence-electron chi connectivity index (χ1n) is 7.84. The van der Waals surface area contributed by atoms with E-state index < -0.39 is 5.97 Å². The van der Waals surface area contributed by atoms with Gasteiger partial charge in [0.1, 0.15) is 12.4 Å². The molecule has 5 nitrogen and oxygen atoms in total. The van der Waals surface area contributed by atoms with Crippen LogP contribution in [-0.2, 0) is 11.3 Å². The second-order valence-corrected chi connectivity index (χ2v) is 6.63. The molecule has 3 heterocycles. The van der Waals surface area contributed by atoms with Crippen LogP contribution in [0.1, 0.15) is 21.6 Å². The highest BCUT2D eigenvalue weighted by molar-refractivity contribution is 7.13. The molecular weight excluding hydrogens is 355 g/mol. The molecule has 0 atom stereocenters. The molecule has 0 aliphatic carbocycles. The van der Waals surface area contributed by atoms with Crippen LogP contribution in [0.5, 0.6) is 0 Å². The Bertz CT molecular complexity index is 1090. The van der Waals surface area contributed by atoms with E-state index in [0.29, 0.717) is 27.9 Å². The number of benzene rings is 1. The minimum atomic E-state index is -0.536. The number of thiophene rings is 1. The normalized spacial score (nSPS) is 11.0. The number of esters is 1. The van der Waals surface area contributed by atoms with E-state index >= 15 is 0 Å². The van der Waals surface area contributed by atoms with Gasteiger partial charge in [0.15, 0.2) is 0 Å². The lowest BCUT2D eigenvalue weighted by Crippen LogP contribution is -2.07. The number of aromatic nitrogens is 2. The number of carbonyl (C=O) groups is 1. The quantitative estimate of drug-likeness (QED) is 0.486. The Balaban J connectivity index is 1.69. The molecule has 0 aliphatic rings. The molecule has 0 spiro atoms. The molecule has 0 aliphatic heterocycles. The van der Waals surface area contributed by atoms with Crippen molar-refractivity contribution in [3.63, 3.8) is 0 Å². The molecule has 26 heavy (non-hydrogen) atoms. The summed E-state index contributed by atoms with van der Waals surface area (Å²) in [5.41, 5.74) is 2.35. The van der Waals surface area contributed by atoms with Crippen molar-refractivity contribution < 1.29 is 18.4 Å². The number of pyridine rings is 1.